The van der Waals surface area contributed by atoms with Gasteiger partial charge in [0.1, 0.15) is 0 Å². The van der Waals surface area contributed by atoms with E-state index in [1.165, 1.54) is 0 Å². The molecule has 5 nitrogen and oxygen atoms in total. The van der Waals surface area contributed by atoms with Gasteiger partial charge in [0, 0.05) is 5.69 Å². The lowest BCUT2D eigenvalue weighted by molar-refractivity contribution is 0.426. The first-order chi connectivity index (χ1) is 8.35. The molecule has 0 aliphatic heterocycles. The molecule has 0 heterocycles. The SMILES string of the molecule is CS(=O)(=O)Nc1ccc2cc(B(O)O)ccc2c1. The maximum absolute atomic E-state index is 11.1. The second kappa shape index (κ2) is 4.60. The maximum atomic E-state index is 11.1. The van der Waals surface area contributed by atoms with Crippen LogP contribution in [0.2, 0.25) is 0 Å². The molecular weight excluding hydrogens is 253 g/mol. The van der Waals surface area contributed by atoms with Gasteiger partial charge in [-0.1, -0.05) is 24.3 Å². The van der Waals surface area contributed by atoms with E-state index in [2.05, 4.69) is 4.72 Å². The maximum Gasteiger partial charge on any atom is 0.488 e. The molecule has 0 saturated heterocycles. The summed E-state index contributed by atoms with van der Waals surface area (Å²) in [6, 6.07) is 9.95. The molecule has 18 heavy (non-hydrogen) atoms. The molecule has 0 spiro atoms. The summed E-state index contributed by atoms with van der Waals surface area (Å²) in [5, 5.41) is 19.7. The summed E-state index contributed by atoms with van der Waals surface area (Å²) in [6.45, 7) is 0. The smallest absolute Gasteiger partial charge is 0.423 e. The second-order valence-electron chi connectivity index (χ2n) is 4.07. The molecule has 7 heteroatoms. The molecule has 0 fully saturated rings. The number of sulfonamides is 1. The lowest BCUT2D eigenvalue weighted by Crippen LogP contribution is -2.29. The summed E-state index contributed by atoms with van der Waals surface area (Å²) in [5.74, 6) is 0. The molecule has 0 radical (unpaired) electrons. The molecule has 94 valence electrons. The monoisotopic (exact) mass is 265 g/mol. The number of anilines is 1. The van der Waals surface area contributed by atoms with Crippen LogP contribution >= 0.6 is 0 Å². The van der Waals surface area contributed by atoms with Crippen LogP contribution in [0.3, 0.4) is 0 Å². The van der Waals surface area contributed by atoms with Gasteiger partial charge in [-0.2, -0.15) is 0 Å². The summed E-state index contributed by atoms with van der Waals surface area (Å²) < 4.78 is 24.6. The summed E-state index contributed by atoms with van der Waals surface area (Å²) in [7, 11) is -4.81. The first kappa shape index (κ1) is 12.9. The van der Waals surface area contributed by atoms with Crippen molar-refractivity contribution in [3.63, 3.8) is 0 Å². The highest BCUT2D eigenvalue weighted by Gasteiger charge is 2.11. The van der Waals surface area contributed by atoms with Crippen LogP contribution in [0, 0.1) is 0 Å². The lowest BCUT2D eigenvalue weighted by atomic mass is 9.79. The Morgan fingerprint density at radius 2 is 1.67 bits per heavy atom. The van der Waals surface area contributed by atoms with Crippen LogP contribution in [0.1, 0.15) is 0 Å². The molecule has 0 aromatic heterocycles. The Hall–Kier alpha value is -1.57. The Bertz CT molecular complexity index is 685. The highest BCUT2D eigenvalue weighted by atomic mass is 32.2. The molecule has 0 aliphatic rings. The van der Waals surface area contributed by atoms with Gasteiger partial charge in [0.05, 0.1) is 6.26 Å². The fraction of sp³-hybridized carbons (Fsp3) is 0.0909. The van der Waals surface area contributed by atoms with Crippen molar-refractivity contribution in [1.29, 1.82) is 0 Å². The number of hydrogen-bond donors (Lipinski definition) is 3. The van der Waals surface area contributed by atoms with Crippen LogP contribution < -0.4 is 10.2 Å². The average Bonchev–Trinajstić information content (AvgIpc) is 2.26. The van der Waals surface area contributed by atoms with Crippen molar-refractivity contribution in [3.8, 4) is 0 Å². The zero-order valence-electron chi connectivity index (χ0n) is 9.66. The fourth-order valence-electron chi connectivity index (χ4n) is 1.70. The van der Waals surface area contributed by atoms with E-state index >= 15 is 0 Å². The second-order valence-corrected chi connectivity index (χ2v) is 5.82. The zero-order chi connectivity index (χ0) is 13.3. The van der Waals surface area contributed by atoms with Gasteiger partial charge in [0.2, 0.25) is 10.0 Å². The van der Waals surface area contributed by atoms with E-state index in [1.807, 2.05) is 0 Å². The summed E-state index contributed by atoms with van der Waals surface area (Å²) in [5.41, 5.74) is 0.869. The highest BCUT2D eigenvalue weighted by Crippen LogP contribution is 2.18. The third-order valence-corrected chi connectivity index (χ3v) is 3.07. The van der Waals surface area contributed by atoms with Crippen LogP contribution in [0.4, 0.5) is 5.69 Å². The minimum Gasteiger partial charge on any atom is -0.423 e. The lowest BCUT2D eigenvalue weighted by Gasteiger charge is -2.07. The fourth-order valence-corrected chi connectivity index (χ4v) is 2.26. The van der Waals surface area contributed by atoms with E-state index in [0.29, 0.717) is 11.2 Å². The van der Waals surface area contributed by atoms with Crippen LogP contribution in [-0.2, 0) is 10.0 Å². The van der Waals surface area contributed by atoms with Crippen molar-refractivity contribution in [2.75, 3.05) is 11.0 Å². The van der Waals surface area contributed by atoms with Crippen LogP contribution in [-0.4, -0.2) is 31.8 Å². The first-order valence-corrected chi connectivity index (χ1v) is 7.12. The number of benzene rings is 2. The molecule has 2 rings (SSSR count). The van der Waals surface area contributed by atoms with E-state index in [9.17, 15) is 8.42 Å². The highest BCUT2D eigenvalue weighted by molar-refractivity contribution is 7.92. The van der Waals surface area contributed by atoms with E-state index in [4.69, 9.17) is 10.0 Å². The number of nitrogens with one attached hydrogen (secondary N) is 1. The van der Waals surface area contributed by atoms with E-state index in [1.54, 1.807) is 36.4 Å². The standard InChI is InChI=1S/C11H12BNO4S/c1-18(16,17)13-11-5-3-8-6-10(12(14)15)4-2-9(8)7-11/h2-7,13-15H,1H3. The van der Waals surface area contributed by atoms with Crippen LogP contribution in [0.5, 0.6) is 0 Å². The summed E-state index contributed by atoms with van der Waals surface area (Å²) in [6.07, 6.45) is 1.09. The van der Waals surface area contributed by atoms with Gasteiger partial charge in [0.15, 0.2) is 0 Å². The third kappa shape index (κ3) is 3.01. The van der Waals surface area contributed by atoms with Gasteiger partial charge >= 0.3 is 7.12 Å². The Morgan fingerprint density at radius 3 is 2.28 bits per heavy atom. The molecule has 0 bridgehead atoms. The van der Waals surface area contributed by atoms with Crippen molar-refractivity contribution in [3.05, 3.63) is 36.4 Å². The Kier molecular flexibility index (Phi) is 3.29. The molecule has 0 atom stereocenters. The summed E-state index contributed by atoms with van der Waals surface area (Å²) >= 11 is 0. The van der Waals surface area contributed by atoms with Crippen molar-refractivity contribution in [2.45, 2.75) is 0 Å². The van der Waals surface area contributed by atoms with Crippen molar-refractivity contribution in [2.24, 2.45) is 0 Å². The van der Waals surface area contributed by atoms with E-state index in [-0.39, 0.29) is 0 Å². The predicted molar refractivity (Wildman–Crippen MR) is 72.2 cm³/mol. The Labute approximate surface area is 105 Å². The van der Waals surface area contributed by atoms with E-state index < -0.39 is 17.1 Å². The van der Waals surface area contributed by atoms with Crippen molar-refractivity contribution >= 4 is 39.1 Å². The van der Waals surface area contributed by atoms with Gasteiger partial charge in [-0.25, -0.2) is 8.42 Å². The minimum atomic E-state index is -3.30. The summed E-state index contributed by atoms with van der Waals surface area (Å²) in [4.78, 5) is 0. The Morgan fingerprint density at radius 1 is 1.06 bits per heavy atom. The number of hydrogen-bond acceptors (Lipinski definition) is 4. The number of fused-ring (bicyclic) bond motifs is 1. The number of rotatable bonds is 3. The molecule has 0 aliphatic carbocycles. The molecule has 2 aromatic carbocycles. The van der Waals surface area contributed by atoms with Crippen LogP contribution in [0.25, 0.3) is 10.8 Å². The van der Waals surface area contributed by atoms with Gasteiger partial charge in [-0.15, -0.1) is 0 Å². The molecule has 0 unspecified atom stereocenters. The molecule has 0 saturated carbocycles. The normalized spacial score (nSPS) is 11.5. The zero-order valence-corrected chi connectivity index (χ0v) is 10.5. The first-order valence-electron chi connectivity index (χ1n) is 5.23. The minimum absolute atomic E-state index is 0.395. The van der Waals surface area contributed by atoms with Crippen molar-refractivity contribution in [1.82, 2.24) is 0 Å². The molecule has 3 N–H and O–H groups in total. The van der Waals surface area contributed by atoms with Gasteiger partial charge in [0.25, 0.3) is 0 Å². The van der Waals surface area contributed by atoms with Gasteiger partial charge in [-0.05, 0) is 28.4 Å². The van der Waals surface area contributed by atoms with Gasteiger partial charge in [-0.3, -0.25) is 4.72 Å². The van der Waals surface area contributed by atoms with Gasteiger partial charge < -0.3 is 10.0 Å². The Balaban J connectivity index is 2.44. The molecular formula is C11H12BNO4S. The average molecular weight is 265 g/mol. The van der Waals surface area contributed by atoms with Crippen molar-refractivity contribution < 1.29 is 18.5 Å². The largest absolute Gasteiger partial charge is 0.488 e. The topological polar surface area (TPSA) is 86.6 Å². The van der Waals surface area contributed by atoms with E-state index in [0.717, 1.165) is 17.0 Å². The predicted octanol–water partition coefficient (Wildman–Crippen LogP) is -0.109. The van der Waals surface area contributed by atoms with Crippen LogP contribution in [0.15, 0.2) is 36.4 Å². The molecule has 2 aromatic rings. The molecule has 0 amide bonds. The quantitative estimate of drug-likeness (QED) is 0.676. The third-order valence-electron chi connectivity index (χ3n) is 2.47.